The lowest BCUT2D eigenvalue weighted by Gasteiger charge is -2.40. The Hall–Kier alpha value is -1.31. The highest BCUT2D eigenvalue weighted by Gasteiger charge is 2.42. The van der Waals surface area contributed by atoms with Gasteiger partial charge in [-0.05, 0) is 44.7 Å². The van der Waals surface area contributed by atoms with E-state index in [1.54, 1.807) is 13.2 Å². The van der Waals surface area contributed by atoms with Gasteiger partial charge in [-0.1, -0.05) is 18.2 Å². The van der Waals surface area contributed by atoms with Crippen LogP contribution in [-0.2, 0) is 10.3 Å². The number of piperidine rings is 1. The largest absolute Gasteiger partial charge is 0.573 e. The van der Waals surface area contributed by atoms with E-state index in [2.05, 4.69) is 10.1 Å². The number of hydrogen-bond acceptors (Lipinski definition) is 4. The second kappa shape index (κ2) is 8.87. The maximum absolute atomic E-state index is 12.8. The summed E-state index contributed by atoms with van der Waals surface area (Å²) in [6.07, 6.45) is -1.40. The van der Waals surface area contributed by atoms with Crippen molar-refractivity contribution in [3.63, 3.8) is 0 Å². The molecular weight excluding hydrogens is 335 g/mol. The Morgan fingerprint density at radius 2 is 2.00 bits per heavy atom. The zero-order valence-electron chi connectivity index (χ0n) is 14.4. The van der Waals surface area contributed by atoms with Gasteiger partial charge in [0.05, 0.1) is 5.60 Å². The summed E-state index contributed by atoms with van der Waals surface area (Å²) in [7, 11) is 1.60. The predicted octanol–water partition coefficient (Wildman–Crippen LogP) is 3.59. The molecule has 142 valence electrons. The molecule has 0 spiro atoms. The highest BCUT2D eigenvalue weighted by Crippen LogP contribution is 2.43. The number of alkyl halides is 3. The number of nitrogens with one attached hydrogen (secondary N) is 1. The van der Waals surface area contributed by atoms with Crippen molar-refractivity contribution in [3.8, 4) is 5.75 Å². The van der Waals surface area contributed by atoms with Crippen molar-refractivity contribution >= 4 is 0 Å². The van der Waals surface area contributed by atoms with Crippen LogP contribution in [0.25, 0.3) is 0 Å². The molecule has 1 saturated heterocycles. The Bertz CT molecular complexity index is 533. The third kappa shape index (κ3) is 5.59. The summed E-state index contributed by atoms with van der Waals surface area (Å²) in [4.78, 5) is 0. The van der Waals surface area contributed by atoms with Crippen LogP contribution in [0.1, 0.15) is 37.7 Å². The van der Waals surface area contributed by atoms with Gasteiger partial charge in [0.15, 0.2) is 0 Å². The molecule has 1 aliphatic heterocycles. The van der Waals surface area contributed by atoms with E-state index in [9.17, 15) is 18.3 Å². The summed E-state index contributed by atoms with van der Waals surface area (Å²) in [6, 6.07) is 5.91. The van der Waals surface area contributed by atoms with Gasteiger partial charge in [0, 0.05) is 31.7 Å². The van der Waals surface area contributed by atoms with E-state index >= 15 is 0 Å². The quantitative estimate of drug-likeness (QED) is 0.695. The first kappa shape index (κ1) is 20.0. The minimum Gasteiger partial charge on any atom is -0.405 e. The summed E-state index contributed by atoms with van der Waals surface area (Å²) < 4.78 is 47.5. The topological polar surface area (TPSA) is 50.7 Å². The molecule has 1 heterocycles. The molecule has 7 heteroatoms. The van der Waals surface area contributed by atoms with Crippen LogP contribution in [0, 0.1) is 5.92 Å². The summed E-state index contributed by atoms with van der Waals surface area (Å²) in [5, 5.41) is 14.7. The smallest absolute Gasteiger partial charge is 0.405 e. The van der Waals surface area contributed by atoms with E-state index in [1.165, 1.54) is 18.2 Å². The Balaban J connectivity index is 2.30. The number of ether oxygens (including phenoxy) is 2. The average molecular weight is 361 g/mol. The Labute approximate surface area is 146 Å². The minimum atomic E-state index is -4.79. The van der Waals surface area contributed by atoms with Crippen molar-refractivity contribution in [2.45, 2.75) is 44.1 Å². The lowest BCUT2D eigenvalue weighted by molar-refractivity contribution is -0.275. The van der Waals surface area contributed by atoms with Gasteiger partial charge in [-0.25, -0.2) is 0 Å². The lowest BCUT2D eigenvalue weighted by atomic mass is 9.74. The van der Waals surface area contributed by atoms with E-state index in [0.29, 0.717) is 26.0 Å². The molecule has 25 heavy (non-hydrogen) atoms. The predicted molar refractivity (Wildman–Crippen MR) is 88.3 cm³/mol. The third-order valence-electron chi connectivity index (χ3n) is 4.71. The van der Waals surface area contributed by atoms with Crippen molar-refractivity contribution in [2.24, 2.45) is 5.92 Å². The third-order valence-corrected chi connectivity index (χ3v) is 4.71. The van der Waals surface area contributed by atoms with E-state index in [1.807, 2.05) is 0 Å². The number of para-hydroxylation sites is 1. The van der Waals surface area contributed by atoms with E-state index < -0.39 is 12.0 Å². The fourth-order valence-corrected chi connectivity index (χ4v) is 3.50. The second-order valence-electron chi connectivity index (χ2n) is 6.46. The van der Waals surface area contributed by atoms with Crippen LogP contribution in [-0.4, -0.2) is 38.3 Å². The molecule has 0 radical (unpaired) electrons. The molecule has 1 fully saturated rings. The number of aliphatic hydroxyl groups is 1. The molecule has 2 rings (SSSR count). The fraction of sp³-hybridized carbons (Fsp3) is 0.667. The zero-order chi connectivity index (χ0) is 18.3. The Morgan fingerprint density at radius 1 is 1.24 bits per heavy atom. The van der Waals surface area contributed by atoms with Crippen LogP contribution in [0.3, 0.4) is 0 Å². The maximum Gasteiger partial charge on any atom is 0.573 e. The molecule has 0 aliphatic carbocycles. The molecule has 1 aromatic carbocycles. The van der Waals surface area contributed by atoms with Crippen molar-refractivity contribution in [1.29, 1.82) is 0 Å². The van der Waals surface area contributed by atoms with E-state index in [-0.39, 0.29) is 17.2 Å². The SMILES string of the molecule is COCCCC[C@@](O)(c1ccccc1OC(F)(F)F)C1CCCNC1. The maximum atomic E-state index is 12.8. The van der Waals surface area contributed by atoms with Crippen molar-refractivity contribution < 1.29 is 27.8 Å². The average Bonchev–Trinajstić information content (AvgIpc) is 2.58. The minimum absolute atomic E-state index is 0.165. The second-order valence-corrected chi connectivity index (χ2v) is 6.46. The summed E-state index contributed by atoms with van der Waals surface area (Å²) in [5.41, 5.74) is -1.17. The Kier molecular flexibility index (Phi) is 7.10. The fourth-order valence-electron chi connectivity index (χ4n) is 3.50. The normalized spacial score (nSPS) is 20.9. The molecule has 2 atom stereocenters. The summed E-state index contributed by atoms with van der Waals surface area (Å²) in [6.45, 7) is 1.98. The zero-order valence-corrected chi connectivity index (χ0v) is 14.4. The molecule has 1 unspecified atom stereocenters. The number of hydrogen-bond donors (Lipinski definition) is 2. The van der Waals surface area contributed by atoms with Gasteiger partial charge in [-0.3, -0.25) is 0 Å². The van der Waals surface area contributed by atoms with Crippen LogP contribution < -0.4 is 10.1 Å². The number of benzene rings is 1. The van der Waals surface area contributed by atoms with E-state index in [0.717, 1.165) is 25.8 Å². The van der Waals surface area contributed by atoms with Crippen molar-refractivity contribution in [3.05, 3.63) is 29.8 Å². The highest BCUT2D eigenvalue weighted by molar-refractivity contribution is 5.39. The lowest BCUT2D eigenvalue weighted by Crippen LogP contribution is -2.44. The number of methoxy groups -OCH3 is 1. The van der Waals surface area contributed by atoms with Crippen molar-refractivity contribution in [2.75, 3.05) is 26.8 Å². The summed E-state index contributed by atoms with van der Waals surface area (Å²) in [5.74, 6) is -0.489. The molecule has 2 N–H and O–H groups in total. The molecule has 1 aromatic rings. The summed E-state index contributed by atoms with van der Waals surface area (Å²) >= 11 is 0. The van der Waals surface area contributed by atoms with Gasteiger partial charge in [0.2, 0.25) is 0 Å². The van der Waals surface area contributed by atoms with Crippen LogP contribution >= 0.6 is 0 Å². The number of halogens is 3. The first-order valence-corrected chi connectivity index (χ1v) is 8.64. The van der Waals surface area contributed by atoms with Gasteiger partial charge in [0.1, 0.15) is 5.75 Å². The molecule has 0 amide bonds. The highest BCUT2D eigenvalue weighted by atomic mass is 19.4. The number of rotatable bonds is 8. The first-order valence-electron chi connectivity index (χ1n) is 8.64. The molecule has 0 aromatic heterocycles. The Morgan fingerprint density at radius 3 is 2.64 bits per heavy atom. The molecule has 1 aliphatic rings. The standard InChI is InChI=1S/C18H26F3NO3/c1-24-12-5-4-10-17(23,14-7-6-11-22-13-14)15-8-2-3-9-16(15)25-18(19,20)21/h2-3,8-9,14,22-23H,4-7,10-13H2,1H3/t14?,17-/m0/s1. The number of unbranched alkanes of at least 4 members (excludes halogenated alkanes) is 1. The molecule has 0 bridgehead atoms. The van der Waals surface area contributed by atoms with E-state index in [4.69, 9.17) is 4.74 Å². The monoisotopic (exact) mass is 361 g/mol. The van der Waals surface area contributed by atoms with Gasteiger partial charge >= 0.3 is 6.36 Å². The van der Waals surface area contributed by atoms with Gasteiger partial charge in [-0.2, -0.15) is 0 Å². The van der Waals surface area contributed by atoms with Gasteiger partial charge in [0.25, 0.3) is 0 Å². The van der Waals surface area contributed by atoms with Gasteiger partial charge in [-0.15, -0.1) is 13.2 Å². The van der Waals surface area contributed by atoms with Crippen LogP contribution in [0.5, 0.6) is 5.75 Å². The van der Waals surface area contributed by atoms with Crippen LogP contribution in [0.15, 0.2) is 24.3 Å². The molecule has 4 nitrogen and oxygen atoms in total. The van der Waals surface area contributed by atoms with Gasteiger partial charge < -0.3 is 19.9 Å². The molecule has 0 saturated carbocycles. The van der Waals surface area contributed by atoms with Crippen LogP contribution in [0.2, 0.25) is 0 Å². The first-order chi connectivity index (χ1) is 11.9. The molecular formula is C18H26F3NO3. The van der Waals surface area contributed by atoms with Crippen molar-refractivity contribution in [1.82, 2.24) is 5.32 Å². The van der Waals surface area contributed by atoms with Crippen LogP contribution in [0.4, 0.5) is 13.2 Å².